The monoisotopic (exact) mass is 326 g/mol. The van der Waals surface area contributed by atoms with Crippen molar-refractivity contribution < 1.29 is 19.1 Å². The molecule has 2 saturated carbocycles. The predicted octanol–water partition coefficient (Wildman–Crippen LogP) is 3.85. The molecule has 2 aliphatic carbocycles. The zero-order chi connectivity index (χ0) is 17.4. The van der Waals surface area contributed by atoms with Crippen LogP contribution in [-0.2, 0) is 9.47 Å². The van der Waals surface area contributed by atoms with E-state index < -0.39 is 23.4 Å². The SMILES string of the molecule is CC(C)(C)OC(=O)NN(C(=O)OC(C)(C)C)C1CC2CCC1C2. The number of carbonyl (C=O) groups is 2. The number of nitrogens with one attached hydrogen (secondary N) is 1. The lowest BCUT2D eigenvalue weighted by molar-refractivity contribution is -0.0162. The molecule has 0 heterocycles. The molecular weight excluding hydrogens is 296 g/mol. The van der Waals surface area contributed by atoms with Crippen molar-refractivity contribution in [2.75, 3.05) is 0 Å². The summed E-state index contributed by atoms with van der Waals surface area (Å²) in [6, 6.07) is -0.00359. The highest BCUT2D eigenvalue weighted by molar-refractivity contribution is 5.74. The second-order valence-corrected chi connectivity index (χ2v) is 8.71. The lowest BCUT2D eigenvalue weighted by atomic mass is 9.95. The third-order valence-corrected chi connectivity index (χ3v) is 4.23. The number of hydrogen-bond acceptors (Lipinski definition) is 4. The molecule has 0 aliphatic heterocycles. The average molecular weight is 326 g/mol. The van der Waals surface area contributed by atoms with Gasteiger partial charge in [-0.1, -0.05) is 6.42 Å². The fourth-order valence-corrected chi connectivity index (χ4v) is 3.50. The second kappa shape index (κ2) is 6.21. The van der Waals surface area contributed by atoms with Crippen molar-refractivity contribution in [3.05, 3.63) is 0 Å². The Morgan fingerprint density at radius 2 is 1.57 bits per heavy atom. The Hall–Kier alpha value is -1.46. The molecule has 3 unspecified atom stereocenters. The highest BCUT2D eigenvalue weighted by Gasteiger charge is 2.45. The van der Waals surface area contributed by atoms with Gasteiger partial charge in [-0.25, -0.2) is 20.0 Å². The normalized spacial score (nSPS) is 26.8. The minimum Gasteiger partial charge on any atom is -0.443 e. The maximum absolute atomic E-state index is 12.6. The first-order valence-electron chi connectivity index (χ1n) is 8.46. The first kappa shape index (κ1) is 17.9. The number of fused-ring (bicyclic) bond motifs is 2. The Kier molecular flexibility index (Phi) is 4.83. The third kappa shape index (κ3) is 5.01. The van der Waals surface area contributed by atoms with Gasteiger partial charge in [-0.3, -0.25) is 0 Å². The highest BCUT2D eigenvalue weighted by Crippen LogP contribution is 2.46. The first-order valence-corrected chi connectivity index (χ1v) is 8.46. The molecule has 2 fully saturated rings. The smallest absolute Gasteiger partial charge is 0.429 e. The molecule has 3 atom stereocenters. The zero-order valence-corrected chi connectivity index (χ0v) is 15.1. The van der Waals surface area contributed by atoms with E-state index in [1.54, 1.807) is 20.8 Å². The zero-order valence-electron chi connectivity index (χ0n) is 15.1. The number of amides is 2. The molecule has 1 N–H and O–H groups in total. The largest absolute Gasteiger partial charge is 0.443 e. The Morgan fingerprint density at radius 1 is 0.957 bits per heavy atom. The van der Waals surface area contributed by atoms with Crippen LogP contribution in [0.3, 0.4) is 0 Å². The van der Waals surface area contributed by atoms with Crippen molar-refractivity contribution in [3.8, 4) is 0 Å². The number of hydrazine groups is 1. The summed E-state index contributed by atoms with van der Waals surface area (Å²) < 4.78 is 10.8. The fraction of sp³-hybridized carbons (Fsp3) is 0.882. The van der Waals surface area contributed by atoms with E-state index in [4.69, 9.17) is 9.47 Å². The van der Waals surface area contributed by atoms with E-state index in [-0.39, 0.29) is 6.04 Å². The van der Waals surface area contributed by atoms with Crippen LogP contribution in [0.4, 0.5) is 9.59 Å². The molecule has 0 spiro atoms. The van der Waals surface area contributed by atoms with E-state index >= 15 is 0 Å². The molecule has 0 aromatic rings. The Balaban J connectivity index is 2.08. The Labute approximate surface area is 138 Å². The Bertz CT molecular complexity index is 464. The van der Waals surface area contributed by atoms with Gasteiger partial charge in [-0.05, 0) is 72.6 Å². The van der Waals surface area contributed by atoms with E-state index in [0.717, 1.165) is 19.3 Å². The van der Waals surface area contributed by atoms with Gasteiger partial charge in [0.1, 0.15) is 11.2 Å². The van der Waals surface area contributed by atoms with E-state index in [2.05, 4.69) is 5.43 Å². The van der Waals surface area contributed by atoms with E-state index in [9.17, 15) is 9.59 Å². The molecule has 6 heteroatoms. The summed E-state index contributed by atoms with van der Waals surface area (Å²) in [7, 11) is 0. The molecule has 6 nitrogen and oxygen atoms in total. The maximum atomic E-state index is 12.6. The highest BCUT2D eigenvalue weighted by atomic mass is 16.6. The number of nitrogens with zero attached hydrogens (tertiary/aromatic N) is 1. The van der Waals surface area contributed by atoms with Gasteiger partial charge in [0, 0.05) is 0 Å². The van der Waals surface area contributed by atoms with Crippen LogP contribution >= 0.6 is 0 Å². The van der Waals surface area contributed by atoms with Crippen molar-refractivity contribution >= 4 is 12.2 Å². The van der Waals surface area contributed by atoms with E-state index in [1.165, 1.54) is 11.4 Å². The van der Waals surface area contributed by atoms with Gasteiger partial charge < -0.3 is 9.47 Å². The molecule has 2 rings (SSSR count). The van der Waals surface area contributed by atoms with Gasteiger partial charge in [0.05, 0.1) is 6.04 Å². The summed E-state index contributed by atoms with van der Waals surface area (Å²) in [6.45, 7) is 10.8. The van der Waals surface area contributed by atoms with Gasteiger partial charge in [0.2, 0.25) is 0 Å². The number of carbonyl (C=O) groups excluding carboxylic acids is 2. The lowest BCUT2D eigenvalue weighted by Crippen LogP contribution is -2.55. The molecule has 0 radical (unpaired) electrons. The van der Waals surface area contributed by atoms with E-state index in [1.807, 2.05) is 20.8 Å². The van der Waals surface area contributed by atoms with Crippen molar-refractivity contribution in [2.45, 2.75) is 84.5 Å². The van der Waals surface area contributed by atoms with Crippen molar-refractivity contribution in [2.24, 2.45) is 11.8 Å². The summed E-state index contributed by atoms with van der Waals surface area (Å²) in [5.74, 6) is 1.08. The number of ether oxygens (including phenoxy) is 2. The third-order valence-electron chi connectivity index (χ3n) is 4.23. The molecule has 0 aromatic heterocycles. The van der Waals surface area contributed by atoms with Crippen molar-refractivity contribution in [1.29, 1.82) is 0 Å². The quantitative estimate of drug-likeness (QED) is 0.743. The van der Waals surface area contributed by atoms with Crippen LogP contribution in [0.25, 0.3) is 0 Å². The van der Waals surface area contributed by atoms with Gasteiger partial charge in [-0.2, -0.15) is 0 Å². The molecule has 2 bridgehead atoms. The second-order valence-electron chi connectivity index (χ2n) is 8.71. The molecule has 132 valence electrons. The molecule has 0 saturated heterocycles. The van der Waals surface area contributed by atoms with Crippen LogP contribution in [-0.4, -0.2) is 34.4 Å². The summed E-state index contributed by atoms with van der Waals surface area (Å²) in [6.07, 6.45) is 3.23. The molecule has 2 amide bonds. The summed E-state index contributed by atoms with van der Waals surface area (Å²) in [5, 5.41) is 1.36. The van der Waals surface area contributed by atoms with Crippen LogP contribution in [0.2, 0.25) is 0 Å². The number of hydrogen-bond donors (Lipinski definition) is 1. The van der Waals surface area contributed by atoms with Gasteiger partial charge >= 0.3 is 12.2 Å². The molecule has 23 heavy (non-hydrogen) atoms. The summed E-state index contributed by atoms with van der Waals surface area (Å²) in [4.78, 5) is 24.7. The number of rotatable bonds is 1. The topological polar surface area (TPSA) is 67.9 Å². The van der Waals surface area contributed by atoms with Crippen LogP contribution in [0.1, 0.15) is 67.2 Å². The average Bonchev–Trinajstić information content (AvgIpc) is 2.93. The van der Waals surface area contributed by atoms with Crippen LogP contribution in [0, 0.1) is 11.8 Å². The Morgan fingerprint density at radius 3 is 2.00 bits per heavy atom. The van der Waals surface area contributed by atoms with Crippen molar-refractivity contribution in [1.82, 2.24) is 10.4 Å². The molecule has 0 aromatic carbocycles. The summed E-state index contributed by atoms with van der Waals surface area (Å²) in [5.41, 5.74) is 1.40. The first-order chi connectivity index (χ1) is 10.4. The van der Waals surface area contributed by atoms with Crippen LogP contribution in [0.5, 0.6) is 0 Å². The summed E-state index contributed by atoms with van der Waals surface area (Å²) >= 11 is 0. The lowest BCUT2D eigenvalue weighted by Gasteiger charge is -2.35. The molecular formula is C17H30N2O4. The van der Waals surface area contributed by atoms with Gasteiger partial charge in [0.15, 0.2) is 0 Å². The van der Waals surface area contributed by atoms with Crippen molar-refractivity contribution in [3.63, 3.8) is 0 Å². The standard InChI is InChI=1S/C17H30N2O4/c1-16(2,3)22-14(20)18-19(15(21)23-17(4,5)6)13-10-11-7-8-12(13)9-11/h11-13H,7-10H2,1-6H3,(H,18,20). The molecule has 2 aliphatic rings. The van der Waals surface area contributed by atoms with E-state index in [0.29, 0.717) is 11.8 Å². The van der Waals surface area contributed by atoms with Gasteiger partial charge in [-0.15, -0.1) is 0 Å². The minimum atomic E-state index is -0.619. The fourth-order valence-electron chi connectivity index (χ4n) is 3.50. The van der Waals surface area contributed by atoms with Crippen LogP contribution in [0.15, 0.2) is 0 Å². The predicted molar refractivity (Wildman–Crippen MR) is 86.7 cm³/mol. The minimum absolute atomic E-state index is 0.00359. The van der Waals surface area contributed by atoms with Crippen LogP contribution < -0.4 is 5.43 Å². The van der Waals surface area contributed by atoms with Gasteiger partial charge in [0.25, 0.3) is 0 Å². The maximum Gasteiger partial charge on any atom is 0.429 e.